The van der Waals surface area contributed by atoms with E-state index in [2.05, 4.69) is 5.10 Å². The Balaban J connectivity index is 1.19. The van der Waals surface area contributed by atoms with Crippen LogP contribution in [0.4, 0.5) is 0 Å². The average molecular weight is 736 g/mol. The van der Waals surface area contributed by atoms with Crippen LogP contribution in [0.5, 0.6) is 23.0 Å². The Morgan fingerprint density at radius 3 is 2.20 bits per heavy atom. The second kappa shape index (κ2) is 16.4. The second-order valence-corrected chi connectivity index (χ2v) is 15.5. The second-order valence-electron chi connectivity index (χ2n) is 12.6. The first-order valence-electron chi connectivity index (χ1n) is 16.9. The molecule has 1 aromatic heterocycles. The van der Waals surface area contributed by atoms with Crippen molar-refractivity contribution < 1.29 is 32.2 Å². The summed E-state index contributed by atoms with van der Waals surface area (Å²) < 4.78 is 53.7. The summed E-state index contributed by atoms with van der Waals surface area (Å²) in [6, 6.07) is 20.7. The fraction of sp³-hybridized carbons (Fsp3) is 0.405. The van der Waals surface area contributed by atoms with E-state index in [1.54, 1.807) is 37.2 Å². The molecule has 1 saturated heterocycles. The molecule has 2 heterocycles. The minimum absolute atomic E-state index is 0.164. The Hall–Kier alpha value is -4.24. The molecular formula is C37H45N5O7S2. The van der Waals surface area contributed by atoms with Crippen molar-refractivity contribution in [1.29, 1.82) is 0 Å². The number of aryl methyl sites for hydroxylation is 1. The third-order valence-corrected chi connectivity index (χ3v) is 11.8. The number of carbonyl (C=O) groups excluding carboxylic acids is 1. The molecule has 51 heavy (non-hydrogen) atoms. The number of amides is 1. The molecule has 14 heteroatoms. The standard InChI is InChI=1S/C37H45N5O7S2/c1-39-33(22-32(38-39)27-11-12-27)37(43)40(23-28-13-14-30(46-2)21-35(28)47-3)24-29-7-6-8-34(36(29)48-4)49-25-26-9-15-31(16-10-26)51(45)42-19-17-41(18-20-42)50(5)44/h6-10,13-16,21-22,27H,11-12,17-20,23-25H2,1-5H3. The van der Waals surface area contributed by atoms with Gasteiger partial charge in [-0.05, 0) is 54.8 Å². The number of para-hydroxylation sites is 1. The van der Waals surface area contributed by atoms with Crippen LogP contribution in [0.1, 0.15) is 51.6 Å². The zero-order chi connectivity index (χ0) is 36.1. The van der Waals surface area contributed by atoms with Crippen molar-refractivity contribution >= 4 is 27.9 Å². The molecular weight excluding hydrogens is 691 g/mol. The third-order valence-electron chi connectivity index (χ3n) is 9.20. The Morgan fingerprint density at radius 2 is 1.55 bits per heavy atom. The SMILES string of the molecule is COc1ccc(CN(Cc2cccc(OCc3ccc(S(=O)N4CCN(S(C)=O)CC4)cc3)c2OC)C(=O)c2cc(C3CC3)nn2C)c(OC)c1. The van der Waals surface area contributed by atoms with Crippen molar-refractivity contribution in [2.24, 2.45) is 7.05 Å². The lowest BCUT2D eigenvalue weighted by Crippen LogP contribution is -2.47. The Morgan fingerprint density at radius 1 is 0.843 bits per heavy atom. The van der Waals surface area contributed by atoms with Crippen LogP contribution in [-0.4, -0.2) is 91.4 Å². The van der Waals surface area contributed by atoms with E-state index in [9.17, 15) is 13.2 Å². The number of aromatic nitrogens is 2. The van der Waals surface area contributed by atoms with E-state index in [4.69, 9.17) is 18.9 Å². The first-order chi connectivity index (χ1) is 24.7. The Kier molecular flexibility index (Phi) is 11.8. The third kappa shape index (κ3) is 8.63. The number of methoxy groups -OCH3 is 3. The zero-order valence-corrected chi connectivity index (χ0v) is 31.3. The molecule has 0 bridgehead atoms. The molecule has 0 spiro atoms. The van der Waals surface area contributed by atoms with E-state index in [0.29, 0.717) is 65.7 Å². The lowest BCUT2D eigenvalue weighted by molar-refractivity contribution is 0.0716. The number of benzene rings is 3. The van der Waals surface area contributed by atoms with Gasteiger partial charge >= 0.3 is 0 Å². The zero-order valence-electron chi connectivity index (χ0n) is 29.7. The van der Waals surface area contributed by atoms with Crippen LogP contribution in [0.2, 0.25) is 0 Å². The quantitative estimate of drug-likeness (QED) is 0.173. The number of carbonyl (C=O) groups is 1. The molecule has 3 aromatic carbocycles. The molecule has 1 amide bonds. The fourth-order valence-corrected chi connectivity index (χ4v) is 8.00. The maximum absolute atomic E-state index is 14.3. The molecule has 1 aliphatic carbocycles. The smallest absolute Gasteiger partial charge is 0.272 e. The molecule has 0 N–H and O–H groups in total. The Labute approximate surface area is 304 Å². The summed E-state index contributed by atoms with van der Waals surface area (Å²) in [5.74, 6) is 2.60. The first-order valence-corrected chi connectivity index (χ1v) is 19.5. The van der Waals surface area contributed by atoms with Crippen molar-refractivity contribution in [3.63, 3.8) is 0 Å². The summed E-state index contributed by atoms with van der Waals surface area (Å²) in [4.78, 5) is 16.7. The summed E-state index contributed by atoms with van der Waals surface area (Å²) in [5, 5.41) is 4.65. The molecule has 2 atom stereocenters. The van der Waals surface area contributed by atoms with Crippen molar-refractivity contribution in [1.82, 2.24) is 23.3 Å². The summed E-state index contributed by atoms with van der Waals surface area (Å²) in [6.07, 6.45) is 3.85. The largest absolute Gasteiger partial charge is 0.497 e. The van der Waals surface area contributed by atoms with Gasteiger partial charge in [0.15, 0.2) is 11.5 Å². The van der Waals surface area contributed by atoms with Gasteiger partial charge < -0.3 is 23.8 Å². The van der Waals surface area contributed by atoms with Crippen LogP contribution in [0.3, 0.4) is 0 Å². The molecule has 2 unspecified atom stereocenters. The molecule has 1 aliphatic heterocycles. The molecule has 2 aliphatic rings. The van der Waals surface area contributed by atoms with E-state index in [-0.39, 0.29) is 25.6 Å². The monoisotopic (exact) mass is 735 g/mol. The van der Waals surface area contributed by atoms with Gasteiger partial charge in [-0.15, -0.1) is 0 Å². The van der Waals surface area contributed by atoms with Gasteiger partial charge in [0, 0.05) is 62.6 Å². The van der Waals surface area contributed by atoms with Crippen LogP contribution in [-0.2, 0) is 48.7 Å². The number of hydrogen-bond acceptors (Lipinski definition) is 8. The molecule has 0 radical (unpaired) electrons. The normalized spacial score (nSPS) is 16.3. The highest BCUT2D eigenvalue weighted by Crippen LogP contribution is 2.40. The molecule has 2 fully saturated rings. The molecule has 6 rings (SSSR count). The predicted molar refractivity (Wildman–Crippen MR) is 196 cm³/mol. The van der Waals surface area contributed by atoms with Crippen LogP contribution >= 0.6 is 0 Å². The number of rotatable bonds is 15. The van der Waals surface area contributed by atoms with Crippen molar-refractivity contribution in [2.75, 3.05) is 53.8 Å². The van der Waals surface area contributed by atoms with E-state index in [1.807, 2.05) is 82.4 Å². The fourth-order valence-electron chi connectivity index (χ4n) is 6.16. The maximum Gasteiger partial charge on any atom is 0.272 e. The number of piperazine rings is 1. The number of nitrogens with zero attached hydrogens (tertiary/aromatic N) is 5. The van der Waals surface area contributed by atoms with E-state index in [1.165, 1.54) is 0 Å². The van der Waals surface area contributed by atoms with E-state index < -0.39 is 22.0 Å². The number of hydrogen-bond donors (Lipinski definition) is 0. The highest BCUT2D eigenvalue weighted by molar-refractivity contribution is 7.82. The first kappa shape index (κ1) is 36.5. The van der Waals surface area contributed by atoms with Crippen LogP contribution in [0.15, 0.2) is 71.6 Å². The van der Waals surface area contributed by atoms with Gasteiger partial charge in [0.25, 0.3) is 5.91 Å². The van der Waals surface area contributed by atoms with Gasteiger partial charge in [-0.3, -0.25) is 9.48 Å². The van der Waals surface area contributed by atoms with E-state index in [0.717, 1.165) is 35.2 Å². The molecule has 1 saturated carbocycles. The highest BCUT2D eigenvalue weighted by Gasteiger charge is 2.30. The minimum atomic E-state index is -1.30. The highest BCUT2D eigenvalue weighted by atomic mass is 32.2. The van der Waals surface area contributed by atoms with Crippen LogP contribution in [0.25, 0.3) is 0 Å². The summed E-state index contributed by atoms with van der Waals surface area (Å²) in [5.41, 5.74) is 3.97. The van der Waals surface area contributed by atoms with Crippen molar-refractivity contribution in [3.05, 3.63) is 94.8 Å². The van der Waals surface area contributed by atoms with Gasteiger partial charge in [0.1, 0.15) is 34.8 Å². The van der Waals surface area contributed by atoms with Gasteiger partial charge in [0.2, 0.25) is 0 Å². The average Bonchev–Trinajstić information content (AvgIpc) is 3.94. The van der Waals surface area contributed by atoms with Gasteiger partial charge in [-0.2, -0.15) is 5.10 Å². The molecule has 272 valence electrons. The topological polar surface area (TPSA) is 116 Å². The summed E-state index contributed by atoms with van der Waals surface area (Å²) in [7, 11) is 4.28. The van der Waals surface area contributed by atoms with Gasteiger partial charge in [-0.25, -0.2) is 17.0 Å². The Bertz CT molecular complexity index is 1890. The molecule has 4 aromatic rings. The maximum atomic E-state index is 14.3. The van der Waals surface area contributed by atoms with Crippen molar-refractivity contribution in [3.8, 4) is 23.0 Å². The summed E-state index contributed by atoms with van der Waals surface area (Å²) in [6.45, 7) is 3.19. The van der Waals surface area contributed by atoms with Crippen LogP contribution in [0, 0.1) is 0 Å². The van der Waals surface area contributed by atoms with E-state index >= 15 is 0 Å². The molecule has 12 nitrogen and oxygen atoms in total. The minimum Gasteiger partial charge on any atom is -0.497 e. The summed E-state index contributed by atoms with van der Waals surface area (Å²) >= 11 is 0. The predicted octanol–water partition coefficient (Wildman–Crippen LogP) is 4.68. The lowest BCUT2D eigenvalue weighted by atomic mass is 10.1. The van der Waals surface area contributed by atoms with Gasteiger partial charge in [-0.1, -0.05) is 24.3 Å². The lowest BCUT2D eigenvalue weighted by Gasteiger charge is -2.31. The van der Waals surface area contributed by atoms with Crippen LogP contribution < -0.4 is 18.9 Å². The number of ether oxygens (including phenoxy) is 4. The van der Waals surface area contributed by atoms with Gasteiger partial charge in [0.05, 0.1) is 56.0 Å². The van der Waals surface area contributed by atoms with Crippen molar-refractivity contribution in [2.45, 2.75) is 43.4 Å².